The average Bonchev–Trinajstić information content (AvgIpc) is 1.82. The Bertz CT molecular complexity index is 138. The van der Waals surface area contributed by atoms with Crippen molar-refractivity contribution in [3.8, 4) is 0 Å². The van der Waals surface area contributed by atoms with Crippen molar-refractivity contribution in [3.63, 3.8) is 0 Å². The van der Waals surface area contributed by atoms with Crippen LogP contribution in [-0.4, -0.2) is 31.3 Å². The first-order chi connectivity index (χ1) is 4.54. The Hall–Kier alpha value is -0.630. The molecule has 0 heterocycles. The van der Waals surface area contributed by atoms with Gasteiger partial charge in [0, 0.05) is 13.0 Å². The van der Waals surface area contributed by atoms with E-state index in [0.717, 1.165) is 6.54 Å². The molecule has 0 N–H and O–H groups in total. The van der Waals surface area contributed by atoms with Crippen LogP contribution >= 0.6 is 0 Å². The Balaban J connectivity index is 3.50. The summed E-state index contributed by atoms with van der Waals surface area (Å²) < 4.78 is 0. The molecule has 58 valence electrons. The SMILES string of the molecule is C=C(C)C(=O)CCN(C)C. The summed E-state index contributed by atoms with van der Waals surface area (Å²) in [6.07, 6.45) is 0.586. The van der Waals surface area contributed by atoms with Crippen LogP contribution in [0, 0.1) is 0 Å². The molecule has 0 atom stereocenters. The van der Waals surface area contributed by atoms with Gasteiger partial charge in [-0.2, -0.15) is 0 Å². The van der Waals surface area contributed by atoms with Crippen LogP contribution < -0.4 is 0 Å². The molecule has 0 unspecified atom stereocenters. The fourth-order valence-electron chi connectivity index (χ4n) is 0.539. The predicted molar refractivity (Wildman–Crippen MR) is 43.0 cm³/mol. The quantitative estimate of drug-likeness (QED) is 0.546. The van der Waals surface area contributed by atoms with Crippen molar-refractivity contribution in [1.29, 1.82) is 0 Å². The Labute approximate surface area is 62.5 Å². The van der Waals surface area contributed by atoms with Crippen molar-refractivity contribution >= 4 is 5.78 Å². The van der Waals surface area contributed by atoms with Crippen LogP contribution in [0.1, 0.15) is 13.3 Å². The van der Waals surface area contributed by atoms with Gasteiger partial charge in [-0.25, -0.2) is 0 Å². The van der Waals surface area contributed by atoms with Gasteiger partial charge >= 0.3 is 0 Å². The monoisotopic (exact) mass is 141 g/mol. The summed E-state index contributed by atoms with van der Waals surface area (Å²) in [5.74, 6) is 0.161. The maximum absolute atomic E-state index is 10.9. The zero-order valence-electron chi connectivity index (χ0n) is 6.98. The summed E-state index contributed by atoms with van der Waals surface area (Å²) in [6.45, 7) is 6.12. The highest BCUT2D eigenvalue weighted by Crippen LogP contribution is 1.95. The summed E-state index contributed by atoms with van der Waals surface area (Å²) >= 11 is 0. The minimum Gasteiger partial charge on any atom is -0.309 e. The summed E-state index contributed by atoms with van der Waals surface area (Å²) in [5.41, 5.74) is 0.654. The van der Waals surface area contributed by atoms with Crippen LogP contribution in [0.5, 0.6) is 0 Å². The van der Waals surface area contributed by atoms with Gasteiger partial charge in [-0.3, -0.25) is 4.79 Å². The normalized spacial score (nSPS) is 10.0. The molecule has 0 saturated carbocycles. The molecule has 10 heavy (non-hydrogen) atoms. The number of allylic oxidation sites excluding steroid dienone is 1. The van der Waals surface area contributed by atoms with Gasteiger partial charge in [0.25, 0.3) is 0 Å². The van der Waals surface area contributed by atoms with Gasteiger partial charge in [-0.15, -0.1) is 0 Å². The highest BCUT2D eigenvalue weighted by Gasteiger charge is 2.01. The number of hydrogen-bond donors (Lipinski definition) is 0. The Morgan fingerprint density at radius 3 is 2.30 bits per heavy atom. The number of nitrogens with zero attached hydrogens (tertiary/aromatic N) is 1. The van der Waals surface area contributed by atoms with E-state index in [0.29, 0.717) is 12.0 Å². The maximum atomic E-state index is 10.9. The lowest BCUT2D eigenvalue weighted by molar-refractivity contribution is -0.115. The van der Waals surface area contributed by atoms with Crippen molar-refractivity contribution in [2.24, 2.45) is 0 Å². The Morgan fingerprint density at radius 1 is 1.50 bits per heavy atom. The number of rotatable bonds is 4. The molecule has 0 aliphatic heterocycles. The van der Waals surface area contributed by atoms with Crippen LogP contribution in [0.4, 0.5) is 0 Å². The molecule has 0 spiro atoms. The standard InChI is InChI=1S/C8H15NO/c1-7(2)8(10)5-6-9(3)4/h1,5-6H2,2-4H3. The summed E-state index contributed by atoms with van der Waals surface area (Å²) in [7, 11) is 3.90. The molecule has 0 aromatic heterocycles. The number of hydrogen-bond acceptors (Lipinski definition) is 2. The van der Waals surface area contributed by atoms with Crippen molar-refractivity contribution in [1.82, 2.24) is 4.90 Å². The third kappa shape index (κ3) is 4.27. The molecule has 2 heteroatoms. The van der Waals surface area contributed by atoms with Gasteiger partial charge in [0.15, 0.2) is 5.78 Å². The van der Waals surface area contributed by atoms with Gasteiger partial charge in [-0.05, 0) is 26.6 Å². The van der Waals surface area contributed by atoms with Crippen LogP contribution in [0.3, 0.4) is 0 Å². The van der Waals surface area contributed by atoms with E-state index in [-0.39, 0.29) is 5.78 Å². The third-order valence-corrected chi connectivity index (χ3v) is 1.26. The van der Waals surface area contributed by atoms with Crippen molar-refractivity contribution in [3.05, 3.63) is 12.2 Å². The highest BCUT2D eigenvalue weighted by atomic mass is 16.1. The molecule has 2 nitrogen and oxygen atoms in total. The first kappa shape index (κ1) is 9.37. The van der Waals surface area contributed by atoms with Crippen molar-refractivity contribution < 1.29 is 4.79 Å². The molecular weight excluding hydrogens is 126 g/mol. The van der Waals surface area contributed by atoms with Gasteiger partial charge in [0.2, 0.25) is 0 Å². The van der Waals surface area contributed by atoms with E-state index in [4.69, 9.17) is 0 Å². The number of carbonyl (C=O) groups excluding carboxylic acids is 1. The number of carbonyl (C=O) groups is 1. The molecule has 0 aromatic rings. The van der Waals surface area contributed by atoms with E-state index in [1.165, 1.54) is 0 Å². The van der Waals surface area contributed by atoms with Gasteiger partial charge in [-0.1, -0.05) is 6.58 Å². The third-order valence-electron chi connectivity index (χ3n) is 1.26. The summed E-state index contributed by atoms with van der Waals surface area (Å²) in [4.78, 5) is 12.9. The van der Waals surface area contributed by atoms with Crippen LogP contribution in [0.15, 0.2) is 12.2 Å². The van der Waals surface area contributed by atoms with Crippen LogP contribution in [-0.2, 0) is 4.79 Å². The summed E-state index contributed by atoms with van der Waals surface area (Å²) in [5, 5.41) is 0. The summed E-state index contributed by atoms with van der Waals surface area (Å²) in [6, 6.07) is 0. The van der Waals surface area contributed by atoms with Gasteiger partial charge < -0.3 is 4.90 Å². The van der Waals surface area contributed by atoms with E-state index in [9.17, 15) is 4.79 Å². The van der Waals surface area contributed by atoms with E-state index in [1.54, 1.807) is 6.92 Å². The molecule has 0 aliphatic carbocycles. The maximum Gasteiger partial charge on any atom is 0.159 e. The fraction of sp³-hybridized carbons (Fsp3) is 0.625. The second kappa shape index (κ2) is 4.23. The molecule has 0 aromatic carbocycles. The molecule has 0 amide bonds. The lowest BCUT2D eigenvalue weighted by atomic mass is 10.1. The molecule has 0 fully saturated rings. The predicted octanol–water partition coefficient (Wildman–Crippen LogP) is 1.08. The van der Waals surface area contributed by atoms with Crippen LogP contribution in [0.2, 0.25) is 0 Å². The van der Waals surface area contributed by atoms with Gasteiger partial charge in [0.05, 0.1) is 0 Å². The molecule has 0 rings (SSSR count). The molecule has 0 aliphatic rings. The minimum absolute atomic E-state index is 0.161. The average molecular weight is 141 g/mol. The second-order valence-corrected chi connectivity index (χ2v) is 2.76. The zero-order valence-corrected chi connectivity index (χ0v) is 6.98. The smallest absolute Gasteiger partial charge is 0.159 e. The van der Waals surface area contributed by atoms with Crippen molar-refractivity contribution in [2.75, 3.05) is 20.6 Å². The first-order valence-corrected chi connectivity index (χ1v) is 3.37. The molecule has 0 saturated heterocycles. The second-order valence-electron chi connectivity index (χ2n) is 2.76. The minimum atomic E-state index is 0.161. The van der Waals surface area contributed by atoms with E-state index >= 15 is 0 Å². The Morgan fingerprint density at radius 2 is 2.00 bits per heavy atom. The largest absolute Gasteiger partial charge is 0.309 e. The molecule has 0 radical (unpaired) electrons. The van der Waals surface area contributed by atoms with Gasteiger partial charge in [0.1, 0.15) is 0 Å². The van der Waals surface area contributed by atoms with E-state index < -0.39 is 0 Å². The highest BCUT2D eigenvalue weighted by molar-refractivity contribution is 5.94. The fourth-order valence-corrected chi connectivity index (χ4v) is 0.539. The molecule has 0 bridgehead atoms. The van der Waals surface area contributed by atoms with Crippen LogP contribution in [0.25, 0.3) is 0 Å². The number of Topliss-reactive ketones (excluding diaryl/α,β-unsaturated/α-hetero) is 1. The molecular formula is C8H15NO. The van der Waals surface area contributed by atoms with Crippen molar-refractivity contribution in [2.45, 2.75) is 13.3 Å². The van der Waals surface area contributed by atoms with E-state index in [2.05, 4.69) is 6.58 Å². The lowest BCUT2D eigenvalue weighted by Gasteiger charge is -2.07. The Kier molecular flexibility index (Phi) is 3.96. The van der Waals surface area contributed by atoms with E-state index in [1.807, 2.05) is 19.0 Å². The topological polar surface area (TPSA) is 20.3 Å². The lowest BCUT2D eigenvalue weighted by Crippen LogP contribution is -2.16. The first-order valence-electron chi connectivity index (χ1n) is 3.37. The zero-order chi connectivity index (χ0) is 8.15. The number of ketones is 1.